The lowest BCUT2D eigenvalue weighted by Crippen LogP contribution is -2.48. The maximum absolute atomic E-state index is 12.9. The van der Waals surface area contributed by atoms with E-state index in [2.05, 4.69) is 22.4 Å². The molecule has 0 unspecified atom stereocenters. The van der Waals surface area contributed by atoms with E-state index in [4.69, 9.17) is 0 Å². The van der Waals surface area contributed by atoms with Crippen molar-refractivity contribution in [2.75, 3.05) is 26.2 Å². The highest BCUT2D eigenvalue weighted by molar-refractivity contribution is 7.89. The molecule has 1 aromatic heterocycles. The van der Waals surface area contributed by atoms with Gasteiger partial charge < -0.3 is 0 Å². The Labute approximate surface area is 142 Å². The third-order valence-corrected chi connectivity index (χ3v) is 7.16. The fourth-order valence-corrected chi connectivity index (χ4v) is 5.35. The van der Waals surface area contributed by atoms with Crippen molar-refractivity contribution >= 4 is 21.4 Å². The SMILES string of the molecule is Cc1ccc(S(=O)(=O)N2CCN(Cc3cccs3)CC2)c(C)c1. The maximum atomic E-state index is 12.9. The number of hydrogen-bond acceptors (Lipinski definition) is 4. The zero-order valence-corrected chi connectivity index (χ0v) is 15.2. The monoisotopic (exact) mass is 350 g/mol. The Morgan fingerprint density at radius 1 is 1.09 bits per heavy atom. The summed E-state index contributed by atoms with van der Waals surface area (Å²) >= 11 is 1.75. The van der Waals surface area contributed by atoms with Crippen LogP contribution in [0.15, 0.2) is 40.6 Å². The number of rotatable bonds is 4. The lowest BCUT2D eigenvalue weighted by Gasteiger charge is -2.34. The minimum atomic E-state index is -3.39. The Morgan fingerprint density at radius 2 is 1.83 bits per heavy atom. The van der Waals surface area contributed by atoms with Crippen LogP contribution in [0.4, 0.5) is 0 Å². The van der Waals surface area contributed by atoms with Crippen LogP contribution in [0.25, 0.3) is 0 Å². The molecule has 0 radical (unpaired) electrons. The van der Waals surface area contributed by atoms with Gasteiger partial charge in [-0.2, -0.15) is 4.31 Å². The molecule has 3 rings (SSSR count). The first-order valence-corrected chi connectivity index (χ1v) is 10.1. The van der Waals surface area contributed by atoms with E-state index in [1.165, 1.54) is 4.88 Å². The molecule has 1 fully saturated rings. The van der Waals surface area contributed by atoms with Crippen molar-refractivity contribution in [3.05, 3.63) is 51.7 Å². The molecule has 0 spiro atoms. The van der Waals surface area contributed by atoms with Gasteiger partial charge >= 0.3 is 0 Å². The van der Waals surface area contributed by atoms with Gasteiger partial charge in [-0.05, 0) is 36.9 Å². The van der Waals surface area contributed by atoms with Crippen LogP contribution >= 0.6 is 11.3 Å². The van der Waals surface area contributed by atoms with Crippen LogP contribution in [0.3, 0.4) is 0 Å². The van der Waals surface area contributed by atoms with E-state index < -0.39 is 10.0 Å². The number of piperazine rings is 1. The van der Waals surface area contributed by atoms with E-state index in [0.717, 1.165) is 30.8 Å². The highest BCUT2D eigenvalue weighted by atomic mass is 32.2. The maximum Gasteiger partial charge on any atom is 0.243 e. The molecule has 1 aromatic carbocycles. The van der Waals surface area contributed by atoms with Crippen molar-refractivity contribution in [2.45, 2.75) is 25.3 Å². The Bertz CT molecular complexity index is 762. The molecule has 1 aliphatic heterocycles. The molecule has 0 saturated carbocycles. The van der Waals surface area contributed by atoms with E-state index in [1.807, 2.05) is 26.0 Å². The van der Waals surface area contributed by atoms with E-state index in [0.29, 0.717) is 18.0 Å². The number of thiophene rings is 1. The molecular weight excluding hydrogens is 328 g/mol. The van der Waals surface area contributed by atoms with Gasteiger partial charge in [0.1, 0.15) is 0 Å². The fourth-order valence-electron chi connectivity index (χ4n) is 2.98. The van der Waals surface area contributed by atoms with Gasteiger partial charge in [0.2, 0.25) is 10.0 Å². The molecule has 0 amide bonds. The van der Waals surface area contributed by atoms with Crippen LogP contribution in [0.2, 0.25) is 0 Å². The standard InChI is InChI=1S/C17H22N2O2S2/c1-14-5-6-17(15(2)12-14)23(20,21)19-9-7-18(8-10-19)13-16-4-3-11-22-16/h3-6,11-12H,7-10,13H2,1-2H3. The molecule has 2 aromatic rings. The lowest BCUT2D eigenvalue weighted by atomic mass is 10.2. The van der Waals surface area contributed by atoms with Crippen LogP contribution in [-0.2, 0) is 16.6 Å². The minimum absolute atomic E-state index is 0.440. The van der Waals surface area contributed by atoms with Crippen molar-refractivity contribution in [1.29, 1.82) is 0 Å². The van der Waals surface area contributed by atoms with Crippen LogP contribution in [0.5, 0.6) is 0 Å². The third kappa shape index (κ3) is 3.66. The summed E-state index contributed by atoms with van der Waals surface area (Å²) in [5.41, 5.74) is 1.91. The van der Waals surface area contributed by atoms with Gasteiger partial charge in [0.15, 0.2) is 0 Å². The molecule has 0 aliphatic carbocycles. The summed E-state index contributed by atoms with van der Waals surface area (Å²) in [5, 5.41) is 2.08. The smallest absolute Gasteiger partial charge is 0.243 e. The first kappa shape index (κ1) is 16.6. The normalized spacial score (nSPS) is 17.5. The molecular formula is C17H22N2O2S2. The summed E-state index contributed by atoms with van der Waals surface area (Å²) in [5.74, 6) is 0. The molecule has 4 nitrogen and oxygen atoms in total. The Morgan fingerprint density at radius 3 is 2.43 bits per heavy atom. The highest BCUT2D eigenvalue weighted by Gasteiger charge is 2.29. The quantitative estimate of drug-likeness (QED) is 0.851. The topological polar surface area (TPSA) is 40.6 Å². The number of sulfonamides is 1. The highest BCUT2D eigenvalue weighted by Crippen LogP contribution is 2.23. The second-order valence-corrected chi connectivity index (χ2v) is 8.97. The van der Waals surface area contributed by atoms with Gasteiger partial charge in [0.05, 0.1) is 4.90 Å². The Hall–Kier alpha value is -1.21. The second kappa shape index (κ2) is 6.73. The van der Waals surface area contributed by atoms with Gasteiger partial charge in [-0.25, -0.2) is 8.42 Å². The van der Waals surface area contributed by atoms with Crippen molar-refractivity contribution in [1.82, 2.24) is 9.21 Å². The molecule has 1 aliphatic rings. The average Bonchev–Trinajstić information content (AvgIpc) is 3.00. The summed E-state index contributed by atoms with van der Waals surface area (Å²) in [6, 6.07) is 9.72. The van der Waals surface area contributed by atoms with Crippen molar-refractivity contribution in [2.24, 2.45) is 0 Å². The molecule has 124 valence electrons. The molecule has 2 heterocycles. The van der Waals surface area contributed by atoms with Crippen LogP contribution < -0.4 is 0 Å². The predicted octanol–water partition coefficient (Wildman–Crippen LogP) is 2.87. The number of nitrogens with zero attached hydrogens (tertiary/aromatic N) is 2. The predicted molar refractivity (Wildman–Crippen MR) is 94.3 cm³/mol. The van der Waals surface area contributed by atoms with Gasteiger partial charge in [-0.3, -0.25) is 4.90 Å². The summed E-state index contributed by atoms with van der Waals surface area (Å²) in [7, 11) is -3.39. The van der Waals surface area contributed by atoms with E-state index >= 15 is 0 Å². The summed E-state index contributed by atoms with van der Waals surface area (Å²) in [6.45, 7) is 7.43. The second-order valence-electron chi connectivity index (χ2n) is 6.03. The van der Waals surface area contributed by atoms with Gasteiger partial charge in [0, 0.05) is 37.6 Å². The van der Waals surface area contributed by atoms with Gasteiger partial charge in [-0.1, -0.05) is 23.8 Å². The largest absolute Gasteiger partial charge is 0.296 e. The van der Waals surface area contributed by atoms with Crippen molar-refractivity contribution in [3.8, 4) is 0 Å². The number of benzene rings is 1. The number of hydrogen-bond donors (Lipinski definition) is 0. The molecule has 23 heavy (non-hydrogen) atoms. The zero-order valence-electron chi connectivity index (χ0n) is 13.5. The van der Waals surface area contributed by atoms with Gasteiger partial charge in [-0.15, -0.1) is 11.3 Å². The minimum Gasteiger partial charge on any atom is -0.296 e. The summed E-state index contributed by atoms with van der Waals surface area (Å²) in [4.78, 5) is 4.09. The summed E-state index contributed by atoms with van der Waals surface area (Å²) < 4.78 is 27.3. The van der Waals surface area contributed by atoms with Crippen molar-refractivity contribution < 1.29 is 8.42 Å². The third-order valence-electron chi connectivity index (χ3n) is 4.24. The Balaban J connectivity index is 1.68. The molecule has 1 saturated heterocycles. The molecule has 0 N–H and O–H groups in total. The van der Waals surface area contributed by atoms with E-state index in [1.54, 1.807) is 21.7 Å². The van der Waals surface area contributed by atoms with Crippen molar-refractivity contribution in [3.63, 3.8) is 0 Å². The zero-order chi connectivity index (χ0) is 16.4. The van der Waals surface area contributed by atoms with Gasteiger partial charge in [0.25, 0.3) is 0 Å². The van der Waals surface area contributed by atoms with E-state index in [9.17, 15) is 8.42 Å². The first-order valence-electron chi connectivity index (χ1n) is 7.79. The number of aryl methyl sites for hydroxylation is 2. The van der Waals surface area contributed by atoms with Crippen LogP contribution in [0, 0.1) is 13.8 Å². The average molecular weight is 351 g/mol. The molecule has 0 atom stereocenters. The lowest BCUT2D eigenvalue weighted by molar-refractivity contribution is 0.183. The van der Waals surface area contributed by atoms with Crippen LogP contribution in [0.1, 0.15) is 16.0 Å². The molecule has 6 heteroatoms. The first-order chi connectivity index (χ1) is 11.0. The fraction of sp³-hybridized carbons (Fsp3) is 0.412. The van der Waals surface area contributed by atoms with E-state index in [-0.39, 0.29) is 0 Å². The molecule has 0 bridgehead atoms. The summed E-state index contributed by atoms with van der Waals surface area (Å²) in [6.07, 6.45) is 0. The van der Waals surface area contributed by atoms with Crippen LogP contribution in [-0.4, -0.2) is 43.8 Å². The Kier molecular flexibility index (Phi) is 4.87.